The summed E-state index contributed by atoms with van der Waals surface area (Å²) in [6, 6.07) is 15.8. The van der Waals surface area contributed by atoms with Crippen LogP contribution in [0.15, 0.2) is 36.4 Å². The fraction of sp³-hybridized carbons (Fsp3) is 0.400. The van der Waals surface area contributed by atoms with Crippen molar-refractivity contribution < 1.29 is 0 Å². The zero-order valence-corrected chi connectivity index (χ0v) is 19.6. The lowest BCUT2D eigenvalue weighted by Crippen LogP contribution is -2.62. The quantitative estimate of drug-likeness (QED) is 0.574. The van der Waals surface area contributed by atoms with Crippen molar-refractivity contribution in [1.82, 2.24) is 24.6 Å². The van der Waals surface area contributed by atoms with Crippen molar-refractivity contribution in [3.8, 4) is 17.8 Å². The van der Waals surface area contributed by atoms with E-state index < -0.39 is 0 Å². The van der Waals surface area contributed by atoms with E-state index >= 15 is 0 Å². The van der Waals surface area contributed by atoms with Crippen LogP contribution in [-0.2, 0) is 13.1 Å². The number of hydrogen-bond donors (Lipinski definition) is 0. The Labute approximate surface area is 203 Å². The molecule has 3 aromatic rings. The molecule has 1 unspecified atom stereocenters. The topological polar surface area (TPSA) is 97.7 Å². The second-order valence-corrected chi connectivity index (χ2v) is 10.2. The molecule has 8 nitrogen and oxygen atoms in total. The maximum Gasteiger partial charge on any atom is 0.151 e. The van der Waals surface area contributed by atoms with Gasteiger partial charge in [-0.3, -0.25) is 9.47 Å². The van der Waals surface area contributed by atoms with Gasteiger partial charge in [0.05, 0.1) is 24.3 Å². The van der Waals surface area contributed by atoms with E-state index in [0.717, 1.165) is 54.6 Å². The Morgan fingerprint density at radius 3 is 2.71 bits per heavy atom. The number of nitriles is 2. The Balaban J connectivity index is 1.24. The third kappa shape index (κ3) is 3.34. The first kappa shape index (κ1) is 21.1. The van der Waals surface area contributed by atoms with Crippen LogP contribution in [0.25, 0.3) is 5.69 Å². The first-order valence-corrected chi connectivity index (χ1v) is 11.9. The summed E-state index contributed by atoms with van der Waals surface area (Å²) < 4.78 is 2.20. The molecule has 34 heavy (non-hydrogen) atoms. The Hall–Kier alpha value is -3.46. The second-order valence-electron chi connectivity index (χ2n) is 9.75. The van der Waals surface area contributed by atoms with E-state index in [2.05, 4.69) is 41.7 Å². The highest BCUT2D eigenvalue weighted by Gasteiger charge is 2.54. The zero-order chi connectivity index (χ0) is 23.4. The minimum absolute atomic E-state index is 0.236. The molecule has 0 amide bonds. The normalized spacial score (nSPS) is 19.7. The van der Waals surface area contributed by atoms with Crippen molar-refractivity contribution in [1.29, 1.82) is 10.5 Å². The van der Waals surface area contributed by atoms with Crippen molar-refractivity contribution in [3.05, 3.63) is 64.3 Å². The first-order valence-electron chi connectivity index (χ1n) is 11.5. The van der Waals surface area contributed by atoms with Gasteiger partial charge in [0.25, 0.3) is 0 Å². The van der Waals surface area contributed by atoms with E-state index in [0.29, 0.717) is 29.7 Å². The number of pyridine rings is 1. The van der Waals surface area contributed by atoms with Gasteiger partial charge in [0.2, 0.25) is 0 Å². The largest absolute Gasteiger partial charge is 0.355 e. The van der Waals surface area contributed by atoms with Gasteiger partial charge in [-0.25, -0.2) is 4.98 Å². The van der Waals surface area contributed by atoms with Crippen molar-refractivity contribution in [2.45, 2.75) is 44.8 Å². The van der Waals surface area contributed by atoms with Crippen LogP contribution < -0.4 is 4.90 Å². The average molecular weight is 471 g/mol. The molecular weight excluding hydrogens is 448 g/mol. The molecule has 1 saturated heterocycles. The van der Waals surface area contributed by atoms with Crippen molar-refractivity contribution in [3.63, 3.8) is 0 Å². The monoisotopic (exact) mass is 470 g/mol. The summed E-state index contributed by atoms with van der Waals surface area (Å²) in [4.78, 5) is 8.80. The predicted octanol–water partition coefficient (Wildman–Crippen LogP) is 3.80. The molecule has 9 heteroatoms. The highest BCUT2D eigenvalue weighted by atomic mass is 35.5. The Morgan fingerprint density at radius 1 is 1.12 bits per heavy atom. The molecule has 4 heterocycles. The summed E-state index contributed by atoms with van der Waals surface area (Å²) in [5.41, 5.74) is 2.87. The molecule has 2 aromatic heterocycles. The molecule has 2 fully saturated rings. The Morgan fingerprint density at radius 2 is 1.94 bits per heavy atom. The molecule has 0 radical (unpaired) electrons. The lowest BCUT2D eigenvalue weighted by Gasteiger charge is -2.59. The minimum Gasteiger partial charge on any atom is -0.355 e. The fourth-order valence-electron chi connectivity index (χ4n) is 5.68. The standard InChI is InChI=1S/C25H23ClN8/c1-16(10-27)32-12-17-7-19(26)5-6-21(17)34-23(13-32)30-31-24(34)18-8-25(9-18)14-33(15-25)22-4-2-3-20(11-28)29-22/h2-7,16,18H,8-9,12-15H2,1H3. The van der Waals surface area contributed by atoms with E-state index in [1.807, 2.05) is 37.3 Å². The molecule has 0 N–H and O–H groups in total. The SMILES string of the molecule is CC(C#N)N1Cc2cc(Cl)ccc2-n2c(nnc2C2CC3(C2)CN(c2cccc(C#N)n2)C3)C1. The molecule has 170 valence electrons. The molecular formula is C25H23ClN8. The number of anilines is 1. The predicted molar refractivity (Wildman–Crippen MR) is 126 cm³/mol. The molecule has 1 atom stereocenters. The average Bonchev–Trinajstić information content (AvgIpc) is 3.11. The summed E-state index contributed by atoms with van der Waals surface area (Å²) >= 11 is 6.33. The Bertz CT molecular complexity index is 1350. The number of rotatable bonds is 3. The number of fused-ring (bicyclic) bond motifs is 3. The van der Waals surface area contributed by atoms with Gasteiger partial charge in [-0.05, 0) is 55.7 Å². The number of benzene rings is 1. The fourth-order valence-corrected chi connectivity index (χ4v) is 5.88. The third-order valence-corrected chi connectivity index (χ3v) is 7.67. The van der Waals surface area contributed by atoms with Crippen LogP contribution in [0.1, 0.15) is 48.6 Å². The smallest absolute Gasteiger partial charge is 0.151 e. The number of halogens is 1. The van der Waals surface area contributed by atoms with Gasteiger partial charge >= 0.3 is 0 Å². The van der Waals surface area contributed by atoms with E-state index in [-0.39, 0.29) is 11.5 Å². The summed E-state index contributed by atoms with van der Waals surface area (Å²) in [6.07, 6.45) is 2.11. The summed E-state index contributed by atoms with van der Waals surface area (Å²) in [5, 5.41) is 28.5. The van der Waals surface area contributed by atoms with Crippen molar-refractivity contribution >= 4 is 17.4 Å². The molecule has 6 rings (SSSR count). The second kappa shape index (κ2) is 7.80. The lowest BCUT2D eigenvalue weighted by molar-refractivity contribution is 0.0581. The van der Waals surface area contributed by atoms with Crippen molar-refractivity contribution in [2.75, 3.05) is 18.0 Å². The molecule has 1 aliphatic carbocycles. The van der Waals surface area contributed by atoms with Gasteiger partial charge < -0.3 is 4.90 Å². The van der Waals surface area contributed by atoms with E-state index in [1.54, 1.807) is 6.07 Å². The van der Waals surface area contributed by atoms with Crippen LogP contribution in [-0.4, -0.2) is 43.8 Å². The zero-order valence-electron chi connectivity index (χ0n) is 18.8. The highest BCUT2D eigenvalue weighted by molar-refractivity contribution is 6.30. The van der Waals surface area contributed by atoms with Crippen LogP contribution >= 0.6 is 11.6 Å². The van der Waals surface area contributed by atoms with Crippen molar-refractivity contribution in [2.24, 2.45) is 5.41 Å². The summed E-state index contributed by atoms with van der Waals surface area (Å²) in [5.74, 6) is 3.08. The summed E-state index contributed by atoms with van der Waals surface area (Å²) in [7, 11) is 0. The summed E-state index contributed by atoms with van der Waals surface area (Å²) in [6.45, 7) is 5.03. The van der Waals surface area contributed by atoms with Crippen LogP contribution in [0, 0.1) is 28.1 Å². The van der Waals surface area contributed by atoms with E-state index in [1.165, 1.54) is 0 Å². The van der Waals surface area contributed by atoms with Gasteiger partial charge in [0, 0.05) is 36.0 Å². The molecule has 1 spiro atoms. The van der Waals surface area contributed by atoms with Crippen LogP contribution in [0.2, 0.25) is 5.02 Å². The lowest BCUT2D eigenvalue weighted by atomic mass is 9.57. The van der Waals surface area contributed by atoms with E-state index in [9.17, 15) is 5.26 Å². The van der Waals surface area contributed by atoms with Gasteiger partial charge in [0.1, 0.15) is 23.4 Å². The van der Waals surface area contributed by atoms with Gasteiger partial charge in [-0.15, -0.1) is 10.2 Å². The molecule has 1 saturated carbocycles. The minimum atomic E-state index is -0.236. The number of nitrogens with zero attached hydrogens (tertiary/aromatic N) is 8. The maximum absolute atomic E-state index is 9.51. The number of aromatic nitrogens is 4. The Kier molecular flexibility index (Phi) is 4.84. The van der Waals surface area contributed by atoms with Crippen LogP contribution in [0.3, 0.4) is 0 Å². The number of hydrogen-bond acceptors (Lipinski definition) is 7. The van der Waals surface area contributed by atoms with Gasteiger partial charge in [0.15, 0.2) is 5.82 Å². The molecule has 0 bridgehead atoms. The van der Waals surface area contributed by atoms with Gasteiger partial charge in [-0.1, -0.05) is 17.7 Å². The molecule has 2 aliphatic heterocycles. The molecule has 1 aromatic carbocycles. The van der Waals surface area contributed by atoms with Crippen LogP contribution in [0.5, 0.6) is 0 Å². The van der Waals surface area contributed by atoms with Gasteiger partial charge in [-0.2, -0.15) is 10.5 Å². The van der Waals surface area contributed by atoms with E-state index in [4.69, 9.17) is 16.9 Å². The molecule has 3 aliphatic rings. The first-order chi connectivity index (χ1) is 16.5. The third-order valence-electron chi connectivity index (χ3n) is 7.44. The van der Waals surface area contributed by atoms with Crippen LogP contribution in [0.4, 0.5) is 5.82 Å². The highest BCUT2D eigenvalue weighted by Crippen LogP contribution is 2.56. The maximum atomic E-state index is 9.51.